The fourth-order valence-corrected chi connectivity index (χ4v) is 10.1. The molecule has 0 heterocycles. The molecule has 3 aliphatic carbocycles. The number of fused-ring (bicyclic) bond motifs is 1. The van der Waals surface area contributed by atoms with E-state index in [1.54, 1.807) is 0 Å². The Balaban J connectivity index is 2.02. The van der Waals surface area contributed by atoms with E-state index in [9.17, 15) is 14.4 Å². The molecule has 0 aromatic rings. The van der Waals surface area contributed by atoms with Gasteiger partial charge in [-0.25, -0.2) is 0 Å². The molecule has 1 unspecified atom stereocenters. The summed E-state index contributed by atoms with van der Waals surface area (Å²) in [6, 6.07) is 0. The maximum absolute atomic E-state index is 12.7. The molecule has 0 fully saturated rings. The third kappa shape index (κ3) is 5.74. The van der Waals surface area contributed by atoms with Crippen molar-refractivity contribution in [3.05, 3.63) is 22.3 Å². The zero-order valence-corrected chi connectivity index (χ0v) is 21.5. The molecule has 0 aromatic heterocycles. The number of carbonyl (C=O) groups is 3. The summed E-state index contributed by atoms with van der Waals surface area (Å²) in [7, 11) is 0. The first-order chi connectivity index (χ1) is 15.4. The first-order valence-electron chi connectivity index (χ1n) is 12.5. The number of allylic oxidation sites excluding steroid dienone is 4. The van der Waals surface area contributed by atoms with E-state index in [1.165, 1.54) is 35.1 Å². The summed E-state index contributed by atoms with van der Waals surface area (Å²) in [5.74, 6) is -1.28. The number of hydrogen-bond acceptors (Lipinski definition) is 6. The second kappa shape index (κ2) is 11.6. The van der Waals surface area contributed by atoms with Gasteiger partial charge in [-0.15, -0.1) is 0 Å². The van der Waals surface area contributed by atoms with Crippen molar-refractivity contribution in [3.8, 4) is 0 Å². The quantitative estimate of drug-likeness (QED) is 0.333. The van der Waals surface area contributed by atoms with Gasteiger partial charge in [0.25, 0.3) is 0 Å². The normalized spacial score (nSPS) is 20.5. The summed E-state index contributed by atoms with van der Waals surface area (Å²) in [5, 5.41) is 0. The monoisotopic (exact) mass is 482 g/mol. The van der Waals surface area contributed by atoms with Crippen LogP contribution < -0.4 is 0 Å². The van der Waals surface area contributed by atoms with Gasteiger partial charge in [-0.3, -0.25) is 0 Å². The summed E-state index contributed by atoms with van der Waals surface area (Å²) >= 11 is -4.67. The van der Waals surface area contributed by atoms with E-state index in [-0.39, 0.29) is 23.5 Å². The van der Waals surface area contributed by atoms with Gasteiger partial charge in [-0.05, 0) is 0 Å². The Morgan fingerprint density at radius 1 is 0.750 bits per heavy atom. The molecule has 178 valence electrons. The van der Waals surface area contributed by atoms with Crippen molar-refractivity contribution in [2.24, 2.45) is 0 Å². The van der Waals surface area contributed by atoms with E-state index >= 15 is 0 Å². The van der Waals surface area contributed by atoms with Crippen molar-refractivity contribution in [2.45, 2.75) is 115 Å². The summed E-state index contributed by atoms with van der Waals surface area (Å²) in [4.78, 5) is 38.2. The number of hydrogen-bond donors (Lipinski definition) is 0. The Labute approximate surface area is 196 Å². The van der Waals surface area contributed by atoms with E-state index in [1.807, 2.05) is 20.8 Å². The summed E-state index contributed by atoms with van der Waals surface area (Å²) in [6.07, 6.45) is 10.7. The van der Waals surface area contributed by atoms with E-state index in [4.69, 9.17) is 9.96 Å². The van der Waals surface area contributed by atoms with Gasteiger partial charge in [0.1, 0.15) is 0 Å². The van der Waals surface area contributed by atoms with Crippen LogP contribution in [0.25, 0.3) is 0 Å². The second-order valence-corrected chi connectivity index (χ2v) is 13.1. The Morgan fingerprint density at radius 2 is 1.25 bits per heavy atom. The van der Waals surface area contributed by atoms with Crippen LogP contribution in [-0.2, 0) is 42.1 Å². The molecule has 0 aliphatic heterocycles. The van der Waals surface area contributed by atoms with Crippen LogP contribution in [0.1, 0.15) is 111 Å². The third-order valence-corrected chi connectivity index (χ3v) is 11.4. The third-order valence-electron chi connectivity index (χ3n) is 6.64. The standard InChI is InChI=1S/C13H17.3C4H8O2.Ti/c1-3-7-12-10(5-1)9-11-6-2-4-8-13(11)12;3*1-2-3-4(5)6;/h5H,1-4,6-9H2;3*2-3H2,1H3,(H,5,6);/q;;;;+3/p-3. The van der Waals surface area contributed by atoms with Crippen LogP contribution in [0.5, 0.6) is 0 Å². The summed E-state index contributed by atoms with van der Waals surface area (Å²) in [6.45, 7) is 5.70. The molecule has 0 aromatic carbocycles. The molecular formula is C25H38O6Ti. The fourth-order valence-electron chi connectivity index (χ4n) is 5.27. The van der Waals surface area contributed by atoms with E-state index in [0.717, 1.165) is 38.5 Å². The van der Waals surface area contributed by atoms with Gasteiger partial charge in [0.05, 0.1) is 0 Å². The zero-order valence-electron chi connectivity index (χ0n) is 19.9. The van der Waals surface area contributed by atoms with Crippen molar-refractivity contribution in [1.82, 2.24) is 0 Å². The number of rotatable bonds is 10. The van der Waals surface area contributed by atoms with Gasteiger partial charge in [-0.1, -0.05) is 0 Å². The van der Waals surface area contributed by atoms with Crippen molar-refractivity contribution in [1.29, 1.82) is 0 Å². The maximum atomic E-state index is 12.7. The van der Waals surface area contributed by atoms with Crippen LogP contribution in [0.15, 0.2) is 22.3 Å². The van der Waals surface area contributed by atoms with Crippen molar-refractivity contribution in [3.63, 3.8) is 0 Å². The van der Waals surface area contributed by atoms with Crippen molar-refractivity contribution < 1.29 is 42.1 Å². The van der Waals surface area contributed by atoms with Gasteiger partial charge in [0.15, 0.2) is 0 Å². The summed E-state index contributed by atoms with van der Waals surface area (Å²) < 4.78 is 17.8. The van der Waals surface area contributed by atoms with E-state index < -0.39 is 35.7 Å². The second-order valence-electron chi connectivity index (χ2n) is 9.19. The van der Waals surface area contributed by atoms with Gasteiger partial charge >= 0.3 is 197 Å². The fraction of sp³-hybridized carbons (Fsp3) is 0.720. The predicted octanol–water partition coefficient (Wildman–Crippen LogP) is 6.46. The number of carbonyl (C=O) groups excluding carboxylic acids is 3. The molecule has 32 heavy (non-hydrogen) atoms. The first-order valence-corrected chi connectivity index (χ1v) is 15.3. The molecule has 0 bridgehead atoms. The van der Waals surface area contributed by atoms with Crippen molar-refractivity contribution >= 4 is 17.9 Å². The minimum atomic E-state index is -4.67. The molecule has 7 heteroatoms. The van der Waals surface area contributed by atoms with Crippen LogP contribution in [0, 0.1) is 0 Å². The molecule has 0 radical (unpaired) electrons. The molecule has 0 spiro atoms. The molecule has 0 N–H and O–H groups in total. The van der Waals surface area contributed by atoms with Gasteiger partial charge in [0.2, 0.25) is 0 Å². The van der Waals surface area contributed by atoms with Gasteiger partial charge in [0, 0.05) is 0 Å². The Morgan fingerprint density at radius 3 is 1.78 bits per heavy atom. The molecule has 1 atom stereocenters. The Bertz CT molecular complexity index is 746. The molecule has 3 rings (SSSR count). The average Bonchev–Trinajstić information content (AvgIpc) is 3.12. The zero-order chi connectivity index (χ0) is 23.1. The Hall–Kier alpha value is -1.40. The molecule has 0 saturated carbocycles. The van der Waals surface area contributed by atoms with Crippen LogP contribution >= 0.6 is 0 Å². The molecular weight excluding hydrogens is 444 g/mol. The van der Waals surface area contributed by atoms with Crippen LogP contribution in [0.2, 0.25) is 4.22 Å². The van der Waals surface area contributed by atoms with Gasteiger partial charge in [-0.2, -0.15) is 0 Å². The van der Waals surface area contributed by atoms with Crippen molar-refractivity contribution in [2.75, 3.05) is 0 Å². The van der Waals surface area contributed by atoms with Gasteiger partial charge < -0.3 is 0 Å². The van der Waals surface area contributed by atoms with E-state index in [0.29, 0.717) is 19.3 Å². The molecule has 0 amide bonds. The topological polar surface area (TPSA) is 78.9 Å². The Kier molecular flexibility index (Phi) is 9.18. The SMILES string of the molecule is CCCC(=O)[O][Ti]([O]C(=O)CCC)([O]C(=O)CCC)[CH]1CCCC2=C1CC1=C2CCCC1. The first kappa shape index (κ1) is 25.2. The van der Waals surface area contributed by atoms with Crippen LogP contribution in [0.4, 0.5) is 0 Å². The van der Waals surface area contributed by atoms with Crippen LogP contribution in [0.3, 0.4) is 0 Å². The van der Waals surface area contributed by atoms with E-state index in [2.05, 4.69) is 0 Å². The molecule has 3 aliphatic rings. The average molecular weight is 482 g/mol. The van der Waals surface area contributed by atoms with Crippen LogP contribution in [-0.4, -0.2) is 17.9 Å². The molecule has 0 saturated heterocycles. The minimum absolute atomic E-state index is 0.219. The summed E-state index contributed by atoms with van der Waals surface area (Å²) in [5.41, 5.74) is 5.56. The molecule has 6 nitrogen and oxygen atoms in total. The predicted molar refractivity (Wildman–Crippen MR) is 118 cm³/mol.